The summed E-state index contributed by atoms with van der Waals surface area (Å²) in [4.78, 5) is 23.7. The smallest absolute Gasteiger partial charge is 0.251 e. The Morgan fingerprint density at radius 1 is 1.23 bits per heavy atom. The van der Waals surface area contributed by atoms with Gasteiger partial charge >= 0.3 is 0 Å². The maximum Gasteiger partial charge on any atom is 0.251 e. The van der Waals surface area contributed by atoms with Crippen molar-refractivity contribution in [2.24, 2.45) is 5.41 Å². The molecule has 0 fully saturated rings. The van der Waals surface area contributed by atoms with E-state index in [-0.39, 0.29) is 30.4 Å². The van der Waals surface area contributed by atoms with Crippen LogP contribution in [-0.4, -0.2) is 36.6 Å². The molecule has 5 nitrogen and oxygen atoms in total. The van der Waals surface area contributed by atoms with Crippen LogP contribution in [0.1, 0.15) is 37.0 Å². The third-order valence-electron chi connectivity index (χ3n) is 3.99. The van der Waals surface area contributed by atoms with E-state index in [2.05, 4.69) is 10.6 Å². The maximum absolute atomic E-state index is 11.9. The van der Waals surface area contributed by atoms with Gasteiger partial charge in [-0.3, -0.25) is 9.59 Å². The normalized spacial score (nSPS) is 11.1. The Hall–Kier alpha value is -1.59. The van der Waals surface area contributed by atoms with E-state index >= 15 is 0 Å². The lowest BCUT2D eigenvalue weighted by Crippen LogP contribution is -2.43. The van der Waals surface area contributed by atoms with E-state index in [4.69, 9.17) is 11.6 Å². The first kappa shape index (κ1) is 18.5. The lowest BCUT2D eigenvalue weighted by Gasteiger charge is -2.29. The number of carbonyl (C=O) groups is 2. The molecular formula is C16H23ClN2O3. The fourth-order valence-corrected chi connectivity index (χ4v) is 2.21. The number of hydrogen-bond acceptors (Lipinski definition) is 3. The van der Waals surface area contributed by atoms with Crippen molar-refractivity contribution in [3.05, 3.63) is 34.9 Å². The molecule has 0 aliphatic rings. The van der Waals surface area contributed by atoms with Crippen LogP contribution < -0.4 is 10.6 Å². The molecule has 3 N–H and O–H groups in total. The Morgan fingerprint density at radius 2 is 1.91 bits per heavy atom. The largest absolute Gasteiger partial charge is 0.396 e. The molecule has 2 amide bonds. The van der Waals surface area contributed by atoms with Crippen LogP contribution >= 0.6 is 11.6 Å². The average molecular weight is 327 g/mol. The summed E-state index contributed by atoms with van der Waals surface area (Å²) in [6.45, 7) is 4.26. The zero-order chi connectivity index (χ0) is 16.6. The molecule has 22 heavy (non-hydrogen) atoms. The van der Waals surface area contributed by atoms with Gasteiger partial charge < -0.3 is 15.7 Å². The first-order chi connectivity index (χ1) is 10.5. The van der Waals surface area contributed by atoms with Crippen molar-refractivity contribution >= 4 is 23.4 Å². The molecule has 0 unspecified atom stereocenters. The van der Waals surface area contributed by atoms with Gasteiger partial charge in [-0.15, -0.1) is 0 Å². The van der Waals surface area contributed by atoms with Crippen LogP contribution in [0.25, 0.3) is 0 Å². The predicted octanol–water partition coefficient (Wildman–Crippen LogP) is 1.98. The Balaban J connectivity index is 2.45. The Labute approximate surface area is 136 Å². The third-order valence-corrected chi connectivity index (χ3v) is 4.23. The SMILES string of the molecule is CCC(CC)(CO)CNC(=O)CNC(=O)c1cccc(Cl)c1. The van der Waals surface area contributed by atoms with Crippen molar-refractivity contribution < 1.29 is 14.7 Å². The van der Waals surface area contributed by atoms with Gasteiger partial charge in [0.15, 0.2) is 0 Å². The van der Waals surface area contributed by atoms with Crippen LogP contribution in [0, 0.1) is 5.41 Å². The van der Waals surface area contributed by atoms with Crippen LogP contribution in [0.2, 0.25) is 5.02 Å². The molecule has 0 aliphatic heterocycles. The Morgan fingerprint density at radius 3 is 2.45 bits per heavy atom. The summed E-state index contributed by atoms with van der Waals surface area (Å²) in [6.07, 6.45) is 1.55. The van der Waals surface area contributed by atoms with E-state index in [1.165, 1.54) is 0 Å². The minimum absolute atomic E-state index is 0.0230. The monoisotopic (exact) mass is 326 g/mol. The number of amides is 2. The van der Waals surface area contributed by atoms with Crippen molar-refractivity contribution in [1.29, 1.82) is 0 Å². The molecule has 1 rings (SSSR count). The number of benzene rings is 1. The molecule has 0 saturated heterocycles. The van der Waals surface area contributed by atoms with E-state index < -0.39 is 0 Å². The second kappa shape index (κ2) is 8.76. The second-order valence-corrected chi connectivity index (χ2v) is 5.77. The minimum Gasteiger partial charge on any atom is -0.396 e. The highest BCUT2D eigenvalue weighted by atomic mass is 35.5. The van der Waals surface area contributed by atoms with Crippen LogP contribution in [0.3, 0.4) is 0 Å². The highest BCUT2D eigenvalue weighted by molar-refractivity contribution is 6.30. The topological polar surface area (TPSA) is 78.4 Å². The molecule has 0 saturated carbocycles. The standard InChI is InChI=1S/C16H23ClN2O3/c1-3-16(4-2,11-20)10-19-14(21)9-18-15(22)12-6-5-7-13(17)8-12/h5-8,20H,3-4,9-11H2,1-2H3,(H,18,22)(H,19,21). The summed E-state index contributed by atoms with van der Waals surface area (Å²) in [6, 6.07) is 6.52. The number of halogens is 1. The fourth-order valence-electron chi connectivity index (χ4n) is 2.02. The molecule has 0 radical (unpaired) electrons. The summed E-state index contributed by atoms with van der Waals surface area (Å²) in [5.41, 5.74) is 0.110. The van der Waals surface area contributed by atoms with Gasteiger partial charge in [0.1, 0.15) is 0 Å². The molecule has 0 spiro atoms. The van der Waals surface area contributed by atoms with Crippen LogP contribution in [-0.2, 0) is 4.79 Å². The summed E-state index contributed by atoms with van der Waals surface area (Å²) in [7, 11) is 0. The van der Waals surface area contributed by atoms with Gasteiger partial charge in [0.25, 0.3) is 5.91 Å². The molecular weight excluding hydrogens is 304 g/mol. The van der Waals surface area contributed by atoms with Gasteiger partial charge in [-0.25, -0.2) is 0 Å². The fraction of sp³-hybridized carbons (Fsp3) is 0.500. The zero-order valence-electron chi connectivity index (χ0n) is 13.0. The first-order valence-electron chi connectivity index (χ1n) is 7.37. The molecule has 6 heteroatoms. The molecule has 0 heterocycles. The molecule has 0 aromatic heterocycles. The van der Waals surface area contributed by atoms with E-state index in [1.807, 2.05) is 13.8 Å². The number of aliphatic hydroxyl groups is 1. The van der Waals surface area contributed by atoms with Gasteiger partial charge in [0.05, 0.1) is 13.2 Å². The van der Waals surface area contributed by atoms with E-state index in [9.17, 15) is 14.7 Å². The van der Waals surface area contributed by atoms with Gasteiger partial charge in [-0.2, -0.15) is 0 Å². The van der Waals surface area contributed by atoms with Crippen LogP contribution in [0.4, 0.5) is 0 Å². The third kappa shape index (κ3) is 5.31. The Kier molecular flexibility index (Phi) is 7.35. The quantitative estimate of drug-likeness (QED) is 0.683. The zero-order valence-corrected chi connectivity index (χ0v) is 13.7. The lowest BCUT2D eigenvalue weighted by molar-refractivity contribution is -0.120. The van der Waals surface area contributed by atoms with Gasteiger partial charge in [0.2, 0.25) is 5.91 Å². The minimum atomic E-state index is -0.350. The maximum atomic E-state index is 11.9. The van der Waals surface area contributed by atoms with Gasteiger partial charge in [-0.05, 0) is 31.0 Å². The number of hydrogen-bond donors (Lipinski definition) is 3. The van der Waals surface area contributed by atoms with Crippen molar-refractivity contribution in [3.63, 3.8) is 0 Å². The average Bonchev–Trinajstić information content (AvgIpc) is 2.54. The van der Waals surface area contributed by atoms with Gasteiger partial charge in [-0.1, -0.05) is 31.5 Å². The predicted molar refractivity (Wildman–Crippen MR) is 86.9 cm³/mol. The summed E-state index contributed by atoms with van der Waals surface area (Å²) in [5, 5.41) is 15.2. The van der Waals surface area contributed by atoms with E-state index in [1.54, 1.807) is 24.3 Å². The summed E-state index contributed by atoms with van der Waals surface area (Å²) in [5.74, 6) is -0.632. The highest BCUT2D eigenvalue weighted by Gasteiger charge is 2.25. The van der Waals surface area contributed by atoms with E-state index in [0.717, 1.165) is 12.8 Å². The van der Waals surface area contributed by atoms with Crippen molar-refractivity contribution in [1.82, 2.24) is 10.6 Å². The second-order valence-electron chi connectivity index (χ2n) is 5.33. The van der Waals surface area contributed by atoms with Gasteiger partial charge in [0, 0.05) is 22.5 Å². The Bertz CT molecular complexity index is 508. The number of carbonyl (C=O) groups excluding carboxylic acids is 2. The number of rotatable bonds is 8. The summed E-state index contributed by atoms with van der Waals surface area (Å²) >= 11 is 5.82. The lowest BCUT2D eigenvalue weighted by atomic mass is 9.83. The van der Waals surface area contributed by atoms with Crippen LogP contribution in [0.15, 0.2) is 24.3 Å². The van der Waals surface area contributed by atoms with E-state index in [0.29, 0.717) is 17.1 Å². The van der Waals surface area contributed by atoms with Crippen LogP contribution in [0.5, 0.6) is 0 Å². The summed E-state index contributed by atoms with van der Waals surface area (Å²) < 4.78 is 0. The van der Waals surface area contributed by atoms with Crippen molar-refractivity contribution in [2.75, 3.05) is 19.7 Å². The molecule has 1 aromatic carbocycles. The molecule has 1 aromatic rings. The molecule has 0 bridgehead atoms. The first-order valence-corrected chi connectivity index (χ1v) is 7.75. The number of nitrogens with one attached hydrogen (secondary N) is 2. The molecule has 122 valence electrons. The molecule has 0 atom stereocenters. The highest BCUT2D eigenvalue weighted by Crippen LogP contribution is 2.24. The number of aliphatic hydroxyl groups excluding tert-OH is 1. The molecule has 0 aliphatic carbocycles. The van der Waals surface area contributed by atoms with Crippen molar-refractivity contribution in [3.8, 4) is 0 Å². The van der Waals surface area contributed by atoms with Crippen molar-refractivity contribution in [2.45, 2.75) is 26.7 Å².